The van der Waals surface area contributed by atoms with Crippen LogP contribution in [0.25, 0.3) is 27.5 Å². The lowest BCUT2D eigenvalue weighted by molar-refractivity contribution is 0.0697. The van der Waals surface area contributed by atoms with Gasteiger partial charge >= 0.3 is 5.97 Å². The Morgan fingerprint density at radius 2 is 1.82 bits per heavy atom. The molecule has 0 atom stereocenters. The van der Waals surface area contributed by atoms with E-state index in [1.807, 2.05) is 36.4 Å². The van der Waals surface area contributed by atoms with Crippen LogP contribution in [0, 0.1) is 0 Å². The summed E-state index contributed by atoms with van der Waals surface area (Å²) in [6, 6.07) is 18.5. The van der Waals surface area contributed by atoms with Crippen LogP contribution >= 0.6 is 0 Å². The van der Waals surface area contributed by atoms with Gasteiger partial charge in [-0.3, -0.25) is 0 Å². The first-order valence-corrected chi connectivity index (χ1v) is 6.81. The number of hydrogen-bond donors (Lipinski definition) is 1. The summed E-state index contributed by atoms with van der Waals surface area (Å²) in [6.45, 7) is 0. The lowest BCUT2D eigenvalue weighted by atomic mass is 10.1. The predicted octanol–water partition coefficient (Wildman–Crippen LogP) is 3.27. The summed E-state index contributed by atoms with van der Waals surface area (Å²) in [5.74, 6) is -0.969. The fourth-order valence-electron chi connectivity index (χ4n) is 2.53. The Bertz CT molecular complexity index is 1020. The van der Waals surface area contributed by atoms with Crippen molar-refractivity contribution < 1.29 is 9.90 Å². The third kappa shape index (κ3) is 1.91. The summed E-state index contributed by atoms with van der Waals surface area (Å²) < 4.78 is 0. The van der Waals surface area contributed by atoms with Gasteiger partial charge in [0.2, 0.25) is 0 Å². The van der Waals surface area contributed by atoms with Gasteiger partial charge in [0.05, 0.1) is 11.3 Å². The van der Waals surface area contributed by atoms with Gasteiger partial charge in [-0.2, -0.15) is 4.80 Å². The molecule has 1 heterocycles. The fourth-order valence-corrected chi connectivity index (χ4v) is 2.53. The molecule has 0 fully saturated rings. The highest BCUT2D eigenvalue weighted by Gasteiger charge is 2.10. The van der Waals surface area contributed by atoms with Crippen LogP contribution in [0.3, 0.4) is 0 Å². The maximum atomic E-state index is 11.1. The summed E-state index contributed by atoms with van der Waals surface area (Å²) in [4.78, 5) is 12.6. The van der Waals surface area contributed by atoms with Gasteiger partial charge in [0, 0.05) is 5.39 Å². The molecule has 3 aromatic carbocycles. The monoisotopic (exact) mass is 289 g/mol. The molecule has 0 amide bonds. The van der Waals surface area contributed by atoms with Crippen LogP contribution in [0.4, 0.5) is 0 Å². The molecule has 0 spiro atoms. The van der Waals surface area contributed by atoms with E-state index >= 15 is 0 Å². The zero-order valence-corrected chi connectivity index (χ0v) is 11.5. The van der Waals surface area contributed by atoms with Gasteiger partial charge in [-0.05, 0) is 29.7 Å². The van der Waals surface area contributed by atoms with Crippen molar-refractivity contribution in [3.05, 3.63) is 66.2 Å². The van der Waals surface area contributed by atoms with Gasteiger partial charge in [-0.15, -0.1) is 10.2 Å². The first-order chi connectivity index (χ1) is 10.7. The van der Waals surface area contributed by atoms with Crippen molar-refractivity contribution in [3.8, 4) is 5.69 Å². The van der Waals surface area contributed by atoms with E-state index < -0.39 is 5.97 Å². The predicted molar refractivity (Wildman–Crippen MR) is 83.3 cm³/mol. The van der Waals surface area contributed by atoms with Crippen molar-refractivity contribution >= 4 is 27.8 Å². The van der Waals surface area contributed by atoms with Crippen LogP contribution in [0.2, 0.25) is 0 Å². The van der Waals surface area contributed by atoms with Gasteiger partial charge in [0.1, 0.15) is 11.0 Å². The molecular formula is C17H11N3O2. The second kappa shape index (κ2) is 4.66. The third-order valence-electron chi connectivity index (χ3n) is 3.60. The largest absolute Gasteiger partial charge is 0.478 e. The smallest absolute Gasteiger partial charge is 0.335 e. The van der Waals surface area contributed by atoms with Crippen LogP contribution in [0.15, 0.2) is 60.7 Å². The number of carboxylic acids is 1. The van der Waals surface area contributed by atoms with E-state index in [4.69, 9.17) is 5.11 Å². The van der Waals surface area contributed by atoms with E-state index in [0.29, 0.717) is 5.69 Å². The van der Waals surface area contributed by atoms with Crippen LogP contribution in [-0.2, 0) is 0 Å². The molecule has 1 aromatic heterocycles. The second-order valence-corrected chi connectivity index (χ2v) is 5.00. The molecule has 4 rings (SSSR count). The number of carboxylic acid groups (broad SMARTS) is 1. The summed E-state index contributed by atoms with van der Waals surface area (Å²) in [6.07, 6.45) is 0. The van der Waals surface area contributed by atoms with Gasteiger partial charge in [-0.1, -0.05) is 36.4 Å². The molecule has 0 aliphatic heterocycles. The Hall–Kier alpha value is -3.21. The highest BCUT2D eigenvalue weighted by Crippen LogP contribution is 2.23. The van der Waals surface area contributed by atoms with Crippen molar-refractivity contribution in [2.24, 2.45) is 0 Å². The van der Waals surface area contributed by atoms with E-state index in [2.05, 4.69) is 10.2 Å². The molecule has 0 saturated heterocycles. The number of aromatic nitrogens is 3. The minimum atomic E-state index is -0.969. The van der Waals surface area contributed by atoms with Gasteiger partial charge in [-0.25, -0.2) is 4.79 Å². The summed E-state index contributed by atoms with van der Waals surface area (Å²) >= 11 is 0. The minimum absolute atomic E-state index is 0.212. The average Bonchev–Trinajstić information content (AvgIpc) is 2.99. The number of rotatable bonds is 2. The van der Waals surface area contributed by atoms with Crippen LogP contribution in [-0.4, -0.2) is 26.1 Å². The first kappa shape index (κ1) is 12.5. The Morgan fingerprint density at radius 3 is 2.68 bits per heavy atom. The molecule has 106 valence electrons. The Morgan fingerprint density at radius 1 is 0.955 bits per heavy atom. The maximum Gasteiger partial charge on any atom is 0.335 e. The van der Waals surface area contributed by atoms with Crippen molar-refractivity contribution in [2.45, 2.75) is 0 Å². The molecule has 0 saturated carbocycles. The molecular weight excluding hydrogens is 278 g/mol. The second-order valence-electron chi connectivity index (χ2n) is 5.00. The zero-order chi connectivity index (χ0) is 15.1. The van der Waals surface area contributed by atoms with Crippen LogP contribution < -0.4 is 0 Å². The molecule has 22 heavy (non-hydrogen) atoms. The van der Waals surface area contributed by atoms with E-state index in [1.54, 1.807) is 24.3 Å². The molecule has 0 bridgehead atoms. The van der Waals surface area contributed by atoms with Gasteiger partial charge < -0.3 is 5.11 Å². The number of benzene rings is 3. The normalized spacial score (nSPS) is 11.1. The fraction of sp³-hybridized carbons (Fsp3) is 0. The van der Waals surface area contributed by atoms with E-state index in [9.17, 15) is 4.79 Å². The minimum Gasteiger partial charge on any atom is -0.478 e. The number of hydrogen-bond acceptors (Lipinski definition) is 3. The molecule has 1 N–H and O–H groups in total. The van der Waals surface area contributed by atoms with Gasteiger partial charge in [0.25, 0.3) is 0 Å². The van der Waals surface area contributed by atoms with Gasteiger partial charge in [0.15, 0.2) is 0 Å². The lowest BCUT2D eigenvalue weighted by Crippen LogP contribution is -2.02. The SMILES string of the molecule is O=C(O)c1cccc(-n2nc3ccc4ccccc4c3n2)c1. The van der Waals surface area contributed by atoms with Crippen LogP contribution in [0.1, 0.15) is 10.4 Å². The topological polar surface area (TPSA) is 68.0 Å². The summed E-state index contributed by atoms with van der Waals surface area (Å²) in [7, 11) is 0. The highest BCUT2D eigenvalue weighted by molar-refractivity contribution is 6.03. The number of fused-ring (bicyclic) bond motifs is 3. The summed E-state index contributed by atoms with van der Waals surface area (Å²) in [5, 5.41) is 20.2. The maximum absolute atomic E-state index is 11.1. The standard InChI is InChI=1S/C17H11N3O2/c21-17(22)12-5-3-6-13(10-12)20-18-15-9-8-11-4-1-2-7-14(11)16(15)19-20/h1-10H,(H,21,22). The Labute approximate surface area is 125 Å². The molecule has 5 nitrogen and oxygen atoms in total. The Kier molecular flexibility index (Phi) is 2.66. The number of carbonyl (C=O) groups is 1. The number of nitrogens with zero attached hydrogens (tertiary/aromatic N) is 3. The van der Waals surface area contributed by atoms with Crippen LogP contribution in [0.5, 0.6) is 0 Å². The quantitative estimate of drug-likeness (QED) is 0.615. The Balaban J connectivity index is 1.95. The third-order valence-corrected chi connectivity index (χ3v) is 3.60. The molecule has 0 aliphatic rings. The van der Waals surface area contributed by atoms with E-state index in [0.717, 1.165) is 21.8 Å². The van der Waals surface area contributed by atoms with Crippen molar-refractivity contribution in [1.29, 1.82) is 0 Å². The molecule has 0 aliphatic carbocycles. The molecule has 5 heteroatoms. The summed E-state index contributed by atoms with van der Waals surface area (Å²) in [5.41, 5.74) is 2.42. The average molecular weight is 289 g/mol. The number of aromatic carboxylic acids is 1. The molecule has 4 aromatic rings. The first-order valence-electron chi connectivity index (χ1n) is 6.81. The lowest BCUT2D eigenvalue weighted by Gasteiger charge is -2.00. The van der Waals surface area contributed by atoms with E-state index in [1.165, 1.54) is 4.80 Å². The van der Waals surface area contributed by atoms with Crippen molar-refractivity contribution in [3.63, 3.8) is 0 Å². The molecule has 0 radical (unpaired) electrons. The van der Waals surface area contributed by atoms with E-state index in [-0.39, 0.29) is 5.56 Å². The van der Waals surface area contributed by atoms with Crippen molar-refractivity contribution in [2.75, 3.05) is 0 Å². The molecule has 0 unspecified atom stereocenters. The van der Waals surface area contributed by atoms with Crippen molar-refractivity contribution in [1.82, 2.24) is 15.0 Å². The zero-order valence-electron chi connectivity index (χ0n) is 11.5. The highest BCUT2D eigenvalue weighted by atomic mass is 16.4.